The van der Waals surface area contributed by atoms with Crippen LogP contribution in [0.1, 0.15) is 55.7 Å². The number of aromatic nitrogens is 4. The highest BCUT2D eigenvalue weighted by molar-refractivity contribution is 5.79. The summed E-state index contributed by atoms with van der Waals surface area (Å²) >= 11 is 0. The van der Waals surface area contributed by atoms with Gasteiger partial charge in [-0.2, -0.15) is 0 Å². The largest absolute Gasteiger partial charge is 0.394 e. The molecule has 0 radical (unpaired) electrons. The highest BCUT2D eigenvalue weighted by Crippen LogP contribution is 2.28. The summed E-state index contributed by atoms with van der Waals surface area (Å²) in [5.74, 6) is -0.728. The zero-order valence-electron chi connectivity index (χ0n) is 22.6. The summed E-state index contributed by atoms with van der Waals surface area (Å²) in [6.45, 7) is 2.68. The molecule has 0 bridgehead atoms. The van der Waals surface area contributed by atoms with E-state index in [1.165, 1.54) is 21.5 Å². The topological polar surface area (TPSA) is 227 Å². The van der Waals surface area contributed by atoms with Crippen molar-refractivity contribution in [2.24, 2.45) is 0 Å². The summed E-state index contributed by atoms with van der Waals surface area (Å²) in [5.41, 5.74) is -1.71. The highest BCUT2D eigenvalue weighted by Gasteiger charge is 2.38. The lowest BCUT2D eigenvalue weighted by molar-refractivity contribution is -0.123. The van der Waals surface area contributed by atoms with Crippen molar-refractivity contribution in [2.75, 3.05) is 13.2 Å². The number of rotatable bonds is 10. The second-order valence-electron chi connectivity index (χ2n) is 10.3. The number of aliphatic hydroxyl groups is 2. The van der Waals surface area contributed by atoms with Crippen LogP contribution in [0.15, 0.2) is 31.6 Å². The predicted octanol–water partition coefficient (Wildman–Crippen LogP) is -2.60. The molecule has 0 aromatic carbocycles. The Morgan fingerprint density at radius 2 is 1.44 bits per heavy atom. The van der Waals surface area contributed by atoms with Crippen LogP contribution >= 0.6 is 0 Å². The third kappa shape index (κ3) is 7.08. The normalized spacial score (nSPS) is 25.8. The van der Waals surface area contributed by atoms with E-state index in [0.29, 0.717) is 11.1 Å². The summed E-state index contributed by atoms with van der Waals surface area (Å²) < 4.78 is 13.8. The van der Waals surface area contributed by atoms with Crippen molar-refractivity contribution >= 4 is 11.8 Å². The fourth-order valence-corrected chi connectivity index (χ4v) is 4.88. The van der Waals surface area contributed by atoms with Gasteiger partial charge >= 0.3 is 11.4 Å². The van der Waals surface area contributed by atoms with Crippen LogP contribution in [0.5, 0.6) is 0 Å². The first-order valence-corrected chi connectivity index (χ1v) is 13.3. The average Bonchev–Trinajstić information content (AvgIpc) is 3.49. The Labute approximate surface area is 232 Å². The number of hydrogen-bond acceptors (Lipinski definition) is 10. The quantitative estimate of drug-likeness (QED) is 0.172. The number of nitrogens with one attached hydrogen (secondary N) is 4. The molecule has 224 valence electrons. The molecule has 0 saturated carbocycles. The maximum Gasteiger partial charge on any atom is 0.330 e. The summed E-state index contributed by atoms with van der Waals surface area (Å²) in [7, 11) is 0. The van der Waals surface area contributed by atoms with Crippen LogP contribution in [-0.4, -0.2) is 78.6 Å². The molecule has 0 spiro atoms. The van der Waals surface area contributed by atoms with Crippen molar-refractivity contribution in [3.8, 4) is 0 Å². The molecule has 6 atom stereocenters. The number of H-pyrrole nitrogens is 2. The first-order chi connectivity index (χ1) is 19.5. The van der Waals surface area contributed by atoms with E-state index >= 15 is 0 Å². The average molecular weight is 579 g/mol. The molecule has 0 aliphatic carbocycles. The monoisotopic (exact) mass is 578 g/mol. The van der Waals surface area contributed by atoms with Crippen molar-refractivity contribution in [3.63, 3.8) is 0 Å². The number of aryl methyl sites for hydroxylation is 2. The number of aromatic amines is 2. The molecule has 2 aliphatic heterocycles. The standard InChI is InChI=1S/C25H34N6O10/c1-12-9-30(24(38)28-22(12)36)20-6-14(17(11-32)41-20)27-19(35)5-3-4-18(34)26-8-16-15(33)7-21(40-16)31-10-13(2)23(37)29-25(31)39/h9-10,14-17,20-21,32-33H,3-8,11H2,1-2H3,(H,26,34)(H,27,35)(H,28,36,38)(H,29,37,39)/t14-,15-,16+,17+,20+,21+/m0/s1. The molecule has 4 heterocycles. The third-order valence-corrected chi connectivity index (χ3v) is 7.19. The number of aliphatic hydroxyl groups excluding tert-OH is 2. The molecule has 2 aromatic heterocycles. The fraction of sp³-hybridized carbons (Fsp3) is 0.600. The molecule has 2 saturated heterocycles. The second-order valence-corrected chi connectivity index (χ2v) is 10.3. The molecule has 2 fully saturated rings. The summed E-state index contributed by atoms with van der Waals surface area (Å²) in [6.07, 6.45) is -0.780. The van der Waals surface area contributed by atoms with Gasteiger partial charge in [0.05, 0.1) is 18.8 Å². The van der Waals surface area contributed by atoms with E-state index in [0.717, 1.165) is 0 Å². The van der Waals surface area contributed by atoms with Gasteiger partial charge in [-0.25, -0.2) is 9.59 Å². The first kappa shape index (κ1) is 30.1. The number of amides is 2. The highest BCUT2D eigenvalue weighted by atomic mass is 16.5. The predicted molar refractivity (Wildman–Crippen MR) is 141 cm³/mol. The van der Waals surface area contributed by atoms with Gasteiger partial charge in [-0.1, -0.05) is 0 Å². The lowest BCUT2D eigenvalue weighted by Gasteiger charge is -2.18. The van der Waals surface area contributed by atoms with Gasteiger partial charge in [-0.3, -0.25) is 38.3 Å². The fourth-order valence-electron chi connectivity index (χ4n) is 4.88. The molecule has 4 rings (SSSR count). The van der Waals surface area contributed by atoms with Gasteiger partial charge in [-0.15, -0.1) is 0 Å². The SMILES string of the molecule is Cc1cn([C@H]2C[C@H](NC(=O)CCCC(=O)NC[C@H]3O[C@@H](n4cc(C)c(=O)[nH]c4=O)C[C@@H]3O)[C@@H](CO)O2)c(=O)[nH]c1=O. The van der Waals surface area contributed by atoms with E-state index in [-0.39, 0.29) is 50.5 Å². The molecular formula is C25H34N6O10. The van der Waals surface area contributed by atoms with Crippen LogP contribution in [0, 0.1) is 13.8 Å². The van der Waals surface area contributed by atoms with Crippen LogP contribution in [-0.2, 0) is 19.1 Å². The van der Waals surface area contributed by atoms with Crippen LogP contribution in [0.2, 0.25) is 0 Å². The molecule has 6 N–H and O–H groups in total. The summed E-state index contributed by atoms with van der Waals surface area (Å²) in [4.78, 5) is 76.7. The molecule has 0 unspecified atom stereocenters. The first-order valence-electron chi connectivity index (χ1n) is 13.3. The number of carbonyl (C=O) groups is 2. The van der Waals surface area contributed by atoms with Crippen molar-refractivity contribution < 1.29 is 29.3 Å². The van der Waals surface area contributed by atoms with Gasteiger partial charge < -0.3 is 30.3 Å². The minimum atomic E-state index is -0.946. The van der Waals surface area contributed by atoms with Crippen LogP contribution in [0.25, 0.3) is 0 Å². The minimum absolute atomic E-state index is 0.0115. The van der Waals surface area contributed by atoms with Gasteiger partial charge in [0, 0.05) is 55.7 Å². The molecule has 16 nitrogen and oxygen atoms in total. The number of ether oxygens (including phenoxy) is 2. The Morgan fingerprint density at radius 1 is 0.902 bits per heavy atom. The number of carbonyl (C=O) groups excluding carboxylic acids is 2. The summed E-state index contributed by atoms with van der Waals surface area (Å²) in [5, 5.41) is 25.4. The molecular weight excluding hydrogens is 544 g/mol. The Hall–Kier alpha value is -3.86. The van der Waals surface area contributed by atoms with E-state index in [4.69, 9.17) is 9.47 Å². The second kappa shape index (κ2) is 12.8. The van der Waals surface area contributed by atoms with E-state index < -0.39 is 65.9 Å². The van der Waals surface area contributed by atoms with Crippen LogP contribution in [0.4, 0.5) is 0 Å². The van der Waals surface area contributed by atoms with E-state index in [2.05, 4.69) is 20.6 Å². The van der Waals surface area contributed by atoms with Gasteiger partial charge in [0.2, 0.25) is 11.8 Å². The Bertz CT molecular complexity index is 1510. The molecule has 16 heteroatoms. The zero-order chi connectivity index (χ0) is 29.8. The Kier molecular flexibility index (Phi) is 9.37. The van der Waals surface area contributed by atoms with Crippen molar-refractivity contribution in [1.29, 1.82) is 0 Å². The van der Waals surface area contributed by atoms with E-state index in [1.807, 2.05) is 0 Å². The molecule has 41 heavy (non-hydrogen) atoms. The smallest absolute Gasteiger partial charge is 0.330 e. The van der Waals surface area contributed by atoms with E-state index in [1.54, 1.807) is 13.8 Å². The minimum Gasteiger partial charge on any atom is -0.394 e. The molecule has 2 amide bonds. The van der Waals surface area contributed by atoms with Crippen molar-refractivity contribution in [1.82, 2.24) is 29.7 Å². The molecule has 2 aromatic rings. The molecule has 2 aliphatic rings. The maximum atomic E-state index is 12.5. The van der Waals surface area contributed by atoms with Crippen molar-refractivity contribution in [3.05, 3.63) is 65.2 Å². The maximum absolute atomic E-state index is 12.5. The third-order valence-electron chi connectivity index (χ3n) is 7.19. The van der Waals surface area contributed by atoms with Crippen LogP contribution in [0.3, 0.4) is 0 Å². The van der Waals surface area contributed by atoms with E-state index in [9.17, 15) is 39.0 Å². The van der Waals surface area contributed by atoms with Crippen LogP contribution < -0.4 is 33.1 Å². The van der Waals surface area contributed by atoms with Gasteiger partial charge in [-0.05, 0) is 20.3 Å². The lowest BCUT2D eigenvalue weighted by Crippen LogP contribution is -2.42. The van der Waals surface area contributed by atoms with Gasteiger partial charge in [0.1, 0.15) is 24.7 Å². The van der Waals surface area contributed by atoms with Gasteiger partial charge in [0.15, 0.2) is 0 Å². The number of hydrogen-bond donors (Lipinski definition) is 6. The van der Waals surface area contributed by atoms with Crippen molar-refractivity contribution in [2.45, 2.75) is 82.8 Å². The Morgan fingerprint density at radius 3 is 2.02 bits per heavy atom. The Balaban J connectivity index is 1.20. The zero-order valence-corrected chi connectivity index (χ0v) is 22.6. The lowest BCUT2D eigenvalue weighted by atomic mass is 10.1. The number of nitrogens with zero attached hydrogens (tertiary/aromatic N) is 2. The summed E-state index contributed by atoms with van der Waals surface area (Å²) in [6, 6.07) is -0.585. The van der Waals surface area contributed by atoms with Gasteiger partial charge in [0.25, 0.3) is 11.1 Å².